The van der Waals surface area contributed by atoms with Crippen molar-refractivity contribution in [1.82, 2.24) is 14.8 Å². The topological polar surface area (TPSA) is 45.7 Å². The van der Waals surface area contributed by atoms with Crippen molar-refractivity contribution < 1.29 is 9.53 Å². The fourth-order valence-corrected chi connectivity index (χ4v) is 6.06. The predicted molar refractivity (Wildman–Crippen MR) is 137 cm³/mol. The molecule has 2 fully saturated rings. The van der Waals surface area contributed by atoms with Crippen molar-refractivity contribution in [2.75, 3.05) is 26.2 Å². The number of hydrogen-bond acceptors (Lipinski definition) is 5. The third kappa shape index (κ3) is 5.41. The van der Waals surface area contributed by atoms with E-state index in [9.17, 15) is 4.79 Å². The fourth-order valence-electron chi connectivity index (χ4n) is 5.05. The van der Waals surface area contributed by atoms with Crippen LogP contribution in [0.3, 0.4) is 0 Å². The minimum atomic E-state index is 0.106. The second-order valence-electron chi connectivity index (χ2n) is 9.24. The molecule has 3 heterocycles. The van der Waals surface area contributed by atoms with Gasteiger partial charge in [-0.25, -0.2) is 4.98 Å². The lowest BCUT2D eigenvalue weighted by Gasteiger charge is -2.39. The Kier molecular flexibility index (Phi) is 7.11. The van der Waals surface area contributed by atoms with E-state index in [0.29, 0.717) is 27.1 Å². The lowest BCUT2D eigenvalue weighted by Crippen LogP contribution is -2.44. The number of likely N-dealkylation sites (tertiary alicyclic amines) is 2. The molecule has 8 heteroatoms. The first-order chi connectivity index (χ1) is 16.5. The molecule has 0 saturated carbocycles. The standard InChI is InChI=1S/C26H27Cl2N3O2S/c27-21-7-5-19(6-8-21)24(32)31-13-10-26(11-14-31)9-12-30(18-26)16-20-3-1-2-4-23(20)33-17-22-15-29-25(28)34-22/h1-8,15H,9-14,16-18H2. The van der Waals surface area contributed by atoms with Crippen molar-refractivity contribution >= 4 is 40.4 Å². The van der Waals surface area contributed by atoms with Crippen molar-refractivity contribution in [1.29, 1.82) is 0 Å². The summed E-state index contributed by atoms with van der Waals surface area (Å²) in [5.74, 6) is 1.02. The molecule has 0 aliphatic carbocycles. The number of piperidine rings is 1. The highest BCUT2D eigenvalue weighted by atomic mass is 35.5. The van der Waals surface area contributed by atoms with Crippen LogP contribution < -0.4 is 4.74 Å². The lowest BCUT2D eigenvalue weighted by atomic mass is 9.77. The number of amides is 1. The molecule has 5 rings (SSSR count). The van der Waals surface area contributed by atoms with Crippen molar-refractivity contribution in [2.24, 2.45) is 5.41 Å². The molecule has 5 nitrogen and oxygen atoms in total. The number of halogens is 2. The van der Waals surface area contributed by atoms with Gasteiger partial charge in [-0.3, -0.25) is 9.69 Å². The summed E-state index contributed by atoms with van der Waals surface area (Å²) in [5, 5.41) is 0.653. The summed E-state index contributed by atoms with van der Waals surface area (Å²) in [6.45, 7) is 5.11. The van der Waals surface area contributed by atoms with Crippen LogP contribution in [0.15, 0.2) is 54.7 Å². The van der Waals surface area contributed by atoms with Crippen molar-refractivity contribution in [3.63, 3.8) is 0 Å². The number of nitrogens with zero attached hydrogens (tertiary/aromatic N) is 3. The van der Waals surface area contributed by atoms with Gasteiger partial charge in [0, 0.05) is 48.5 Å². The summed E-state index contributed by atoms with van der Waals surface area (Å²) in [6.07, 6.45) is 5.04. The van der Waals surface area contributed by atoms with Gasteiger partial charge in [-0.05, 0) is 61.6 Å². The van der Waals surface area contributed by atoms with E-state index in [0.717, 1.165) is 56.2 Å². The molecule has 34 heavy (non-hydrogen) atoms. The Morgan fingerprint density at radius 1 is 1.03 bits per heavy atom. The Bertz CT molecular complexity index is 1140. The highest BCUT2D eigenvalue weighted by molar-refractivity contribution is 7.15. The van der Waals surface area contributed by atoms with Crippen LogP contribution in [0.2, 0.25) is 9.49 Å². The minimum Gasteiger partial charge on any atom is -0.488 e. The molecule has 2 saturated heterocycles. The summed E-state index contributed by atoms with van der Waals surface area (Å²) >= 11 is 13.4. The van der Waals surface area contributed by atoms with Gasteiger partial charge in [0.2, 0.25) is 0 Å². The average Bonchev–Trinajstić information content (AvgIpc) is 3.45. The lowest BCUT2D eigenvalue weighted by molar-refractivity contribution is 0.0587. The number of para-hydroxylation sites is 1. The zero-order chi connectivity index (χ0) is 23.5. The van der Waals surface area contributed by atoms with Gasteiger partial charge in [0.05, 0.1) is 4.88 Å². The Labute approximate surface area is 214 Å². The zero-order valence-electron chi connectivity index (χ0n) is 18.9. The Morgan fingerprint density at radius 2 is 1.76 bits per heavy atom. The number of hydrogen-bond donors (Lipinski definition) is 0. The monoisotopic (exact) mass is 515 g/mol. The number of benzene rings is 2. The second-order valence-corrected chi connectivity index (χ2v) is 11.4. The molecule has 2 aliphatic heterocycles. The normalized spacial score (nSPS) is 17.9. The molecule has 0 radical (unpaired) electrons. The van der Waals surface area contributed by atoms with E-state index in [-0.39, 0.29) is 5.91 Å². The summed E-state index contributed by atoms with van der Waals surface area (Å²) in [6, 6.07) is 15.4. The van der Waals surface area contributed by atoms with Crippen LogP contribution in [-0.4, -0.2) is 46.9 Å². The molecule has 0 N–H and O–H groups in total. The van der Waals surface area contributed by atoms with E-state index in [1.165, 1.54) is 23.3 Å². The molecule has 3 aromatic rings. The maximum absolute atomic E-state index is 12.9. The Balaban J connectivity index is 1.16. The van der Waals surface area contributed by atoms with E-state index in [4.69, 9.17) is 27.9 Å². The van der Waals surface area contributed by atoms with Gasteiger partial charge in [0.25, 0.3) is 5.91 Å². The Hall–Kier alpha value is -2.12. The first kappa shape index (κ1) is 23.6. The molecule has 0 unspecified atom stereocenters. The van der Waals surface area contributed by atoms with E-state index in [1.807, 2.05) is 29.2 Å². The smallest absolute Gasteiger partial charge is 0.253 e. The summed E-state index contributed by atoms with van der Waals surface area (Å²) < 4.78 is 6.64. The Morgan fingerprint density at radius 3 is 2.50 bits per heavy atom. The quantitative estimate of drug-likeness (QED) is 0.394. The maximum atomic E-state index is 12.9. The highest BCUT2D eigenvalue weighted by Gasteiger charge is 2.41. The minimum absolute atomic E-state index is 0.106. The van der Waals surface area contributed by atoms with Crippen LogP contribution in [0.1, 0.15) is 40.1 Å². The third-order valence-corrected chi connectivity index (χ3v) is 8.32. The van der Waals surface area contributed by atoms with Crippen LogP contribution >= 0.6 is 34.5 Å². The molecular weight excluding hydrogens is 489 g/mol. The number of carbonyl (C=O) groups is 1. The highest BCUT2D eigenvalue weighted by Crippen LogP contribution is 2.41. The molecule has 2 aromatic carbocycles. The molecule has 1 spiro atoms. The largest absolute Gasteiger partial charge is 0.488 e. The number of ether oxygens (including phenoxy) is 1. The molecule has 178 valence electrons. The van der Waals surface area contributed by atoms with E-state index in [1.54, 1.807) is 18.3 Å². The van der Waals surface area contributed by atoms with Crippen molar-refractivity contribution in [3.05, 3.63) is 80.2 Å². The summed E-state index contributed by atoms with van der Waals surface area (Å²) in [4.78, 5) is 22.5. The summed E-state index contributed by atoms with van der Waals surface area (Å²) in [5.41, 5.74) is 2.21. The first-order valence-corrected chi connectivity index (χ1v) is 13.2. The van der Waals surface area contributed by atoms with Crippen LogP contribution in [-0.2, 0) is 13.2 Å². The van der Waals surface area contributed by atoms with E-state index >= 15 is 0 Å². The molecule has 1 aromatic heterocycles. The number of carbonyl (C=O) groups excluding carboxylic acids is 1. The van der Waals surface area contributed by atoms with Gasteiger partial charge in [-0.2, -0.15) is 0 Å². The number of aromatic nitrogens is 1. The zero-order valence-corrected chi connectivity index (χ0v) is 21.2. The van der Waals surface area contributed by atoms with Crippen LogP contribution in [0.25, 0.3) is 0 Å². The van der Waals surface area contributed by atoms with Crippen molar-refractivity contribution in [2.45, 2.75) is 32.4 Å². The predicted octanol–water partition coefficient (Wildman–Crippen LogP) is 6.16. The van der Waals surface area contributed by atoms with Gasteiger partial charge in [0.15, 0.2) is 4.47 Å². The van der Waals surface area contributed by atoms with E-state index in [2.05, 4.69) is 22.0 Å². The van der Waals surface area contributed by atoms with Crippen LogP contribution in [0.4, 0.5) is 0 Å². The van der Waals surface area contributed by atoms with Gasteiger partial charge >= 0.3 is 0 Å². The van der Waals surface area contributed by atoms with Crippen molar-refractivity contribution in [3.8, 4) is 5.75 Å². The molecule has 0 atom stereocenters. The molecule has 1 amide bonds. The summed E-state index contributed by atoms with van der Waals surface area (Å²) in [7, 11) is 0. The second kappa shape index (κ2) is 10.2. The fraction of sp³-hybridized carbons (Fsp3) is 0.385. The average molecular weight is 516 g/mol. The molecule has 2 aliphatic rings. The number of thiazole rings is 1. The number of rotatable bonds is 6. The van der Waals surface area contributed by atoms with Crippen LogP contribution in [0.5, 0.6) is 5.75 Å². The van der Waals surface area contributed by atoms with Gasteiger partial charge in [0.1, 0.15) is 12.4 Å². The SMILES string of the molecule is O=C(c1ccc(Cl)cc1)N1CCC2(CCN(Cc3ccccc3OCc3cnc(Cl)s3)C2)CC1. The van der Waals surface area contributed by atoms with E-state index < -0.39 is 0 Å². The van der Waals surface area contributed by atoms with Gasteiger partial charge in [-0.1, -0.05) is 41.4 Å². The molecule has 0 bridgehead atoms. The molecular formula is C26H27Cl2N3O2S. The first-order valence-electron chi connectivity index (χ1n) is 11.6. The van der Waals surface area contributed by atoms with Crippen LogP contribution in [0, 0.1) is 5.41 Å². The van der Waals surface area contributed by atoms with Gasteiger partial charge < -0.3 is 9.64 Å². The van der Waals surface area contributed by atoms with Gasteiger partial charge in [-0.15, -0.1) is 11.3 Å². The maximum Gasteiger partial charge on any atom is 0.253 e. The third-order valence-electron chi connectivity index (χ3n) is 6.98.